The fraction of sp³-hybridized carbons (Fsp3) is 0.267. The lowest BCUT2D eigenvalue weighted by Crippen LogP contribution is -2.11. The van der Waals surface area contributed by atoms with Gasteiger partial charge in [0.1, 0.15) is 0 Å². The quantitative estimate of drug-likeness (QED) is 0.875. The molecule has 0 saturated heterocycles. The van der Waals surface area contributed by atoms with Gasteiger partial charge in [-0.05, 0) is 35.2 Å². The topological polar surface area (TPSA) is 48.1 Å². The van der Waals surface area contributed by atoms with Crippen molar-refractivity contribution in [3.8, 4) is 0 Å². The van der Waals surface area contributed by atoms with Gasteiger partial charge in [0.25, 0.3) is 0 Å². The highest BCUT2D eigenvalue weighted by Crippen LogP contribution is 2.19. The number of nitrogens with two attached hydrogens (primary N) is 1. The Bertz CT molecular complexity index is 468. The highest BCUT2D eigenvalue weighted by molar-refractivity contribution is 5.32. The Morgan fingerprint density at radius 3 is 2.28 bits per heavy atom. The molecule has 0 saturated carbocycles. The molecule has 0 spiro atoms. The molecule has 1 heterocycles. The zero-order valence-electron chi connectivity index (χ0n) is 10.5. The molecule has 0 aliphatic rings. The van der Waals surface area contributed by atoms with Crippen LogP contribution in [0.5, 0.6) is 0 Å². The number of pyridine rings is 1. The number of ether oxygens (including phenoxy) is 1. The normalized spacial score (nSPS) is 12.3. The van der Waals surface area contributed by atoms with Crippen LogP contribution >= 0.6 is 0 Å². The molecule has 0 amide bonds. The van der Waals surface area contributed by atoms with Crippen molar-refractivity contribution < 1.29 is 4.74 Å². The molecule has 2 rings (SSSR count). The third-order valence-electron chi connectivity index (χ3n) is 3.00. The first kappa shape index (κ1) is 12.7. The average Bonchev–Trinajstić information content (AvgIpc) is 2.46. The van der Waals surface area contributed by atoms with E-state index in [1.54, 1.807) is 19.5 Å². The molecule has 1 atom stereocenters. The lowest BCUT2D eigenvalue weighted by atomic mass is 9.99. The van der Waals surface area contributed by atoms with Gasteiger partial charge >= 0.3 is 0 Å². The second-order valence-electron chi connectivity index (χ2n) is 4.24. The van der Waals surface area contributed by atoms with Crippen molar-refractivity contribution in [3.63, 3.8) is 0 Å². The molecule has 0 fully saturated rings. The minimum atomic E-state index is -0.0931. The molecular formula is C15H18N2O. The summed E-state index contributed by atoms with van der Waals surface area (Å²) in [5.41, 5.74) is 9.67. The van der Waals surface area contributed by atoms with Crippen LogP contribution < -0.4 is 5.73 Å². The van der Waals surface area contributed by atoms with E-state index in [9.17, 15) is 0 Å². The standard InChI is InChI=1S/C15H18N2O/c1-18-11-8-12-2-4-13(5-3-12)15(16)14-6-9-17-10-7-14/h2-7,9-10,15H,8,11,16H2,1H3. The van der Waals surface area contributed by atoms with E-state index in [-0.39, 0.29) is 6.04 Å². The number of nitrogens with zero attached hydrogens (tertiary/aromatic N) is 1. The highest BCUT2D eigenvalue weighted by Gasteiger charge is 2.07. The first-order valence-corrected chi connectivity index (χ1v) is 6.04. The third-order valence-corrected chi connectivity index (χ3v) is 3.00. The van der Waals surface area contributed by atoms with Crippen molar-refractivity contribution in [2.75, 3.05) is 13.7 Å². The van der Waals surface area contributed by atoms with E-state index in [4.69, 9.17) is 10.5 Å². The van der Waals surface area contributed by atoms with Crippen molar-refractivity contribution in [1.82, 2.24) is 4.98 Å². The maximum absolute atomic E-state index is 6.21. The summed E-state index contributed by atoms with van der Waals surface area (Å²) in [5, 5.41) is 0. The van der Waals surface area contributed by atoms with E-state index in [1.807, 2.05) is 12.1 Å². The van der Waals surface area contributed by atoms with Crippen LogP contribution in [-0.2, 0) is 11.2 Å². The van der Waals surface area contributed by atoms with Crippen LogP contribution in [0.3, 0.4) is 0 Å². The first-order chi connectivity index (χ1) is 8.81. The summed E-state index contributed by atoms with van der Waals surface area (Å²) in [6.07, 6.45) is 4.46. The van der Waals surface area contributed by atoms with E-state index in [1.165, 1.54) is 5.56 Å². The smallest absolute Gasteiger partial charge is 0.0552 e. The van der Waals surface area contributed by atoms with E-state index < -0.39 is 0 Å². The summed E-state index contributed by atoms with van der Waals surface area (Å²) < 4.78 is 5.06. The number of hydrogen-bond acceptors (Lipinski definition) is 3. The van der Waals surface area contributed by atoms with Gasteiger partial charge in [-0.25, -0.2) is 0 Å². The zero-order chi connectivity index (χ0) is 12.8. The Morgan fingerprint density at radius 1 is 1.06 bits per heavy atom. The van der Waals surface area contributed by atoms with Gasteiger partial charge in [0.15, 0.2) is 0 Å². The Morgan fingerprint density at radius 2 is 1.67 bits per heavy atom. The monoisotopic (exact) mass is 242 g/mol. The summed E-state index contributed by atoms with van der Waals surface area (Å²) in [7, 11) is 1.72. The van der Waals surface area contributed by atoms with Gasteiger partial charge in [0.2, 0.25) is 0 Å². The second kappa shape index (κ2) is 6.28. The number of rotatable bonds is 5. The highest BCUT2D eigenvalue weighted by atomic mass is 16.5. The molecule has 2 aromatic rings. The molecule has 0 aliphatic carbocycles. The maximum Gasteiger partial charge on any atom is 0.0552 e. The van der Waals surface area contributed by atoms with Gasteiger partial charge in [-0.3, -0.25) is 4.98 Å². The molecule has 0 aliphatic heterocycles. The van der Waals surface area contributed by atoms with Gasteiger partial charge in [-0.1, -0.05) is 24.3 Å². The Kier molecular flexibility index (Phi) is 4.45. The maximum atomic E-state index is 6.21. The molecule has 1 aromatic heterocycles. The minimum absolute atomic E-state index is 0.0931. The summed E-state index contributed by atoms with van der Waals surface area (Å²) in [4.78, 5) is 4.00. The van der Waals surface area contributed by atoms with Crippen LogP contribution in [-0.4, -0.2) is 18.7 Å². The van der Waals surface area contributed by atoms with Crippen LogP contribution in [0.1, 0.15) is 22.7 Å². The van der Waals surface area contributed by atoms with E-state index in [0.717, 1.165) is 24.2 Å². The number of methoxy groups -OCH3 is 1. The van der Waals surface area contributed by atoms with Crippen molar-refractivity contribution >= 4 is 0 Å². The van der Waals surface area contributed by atoms with Gasteiger partial charge in [0.05, 0.1) is 12.6 Å². The lowest BCUT2D eigenvalue weighted by molar-refractivity contribution is 0.202. The predicted octanol–water partition coefficient (Wildman–Crippen LogP) is 2.32. The SMILES string of the molecule is COCCc1ccc(C(N)c2ccncc2)cc1. The van der Waals surface area contributed by atoms with E-state index >= 15 is 0 Å². The summed E-state index contributed by atoms with van der Waals surface area (Å²) in [6.45, 7) is 0.746. The third kappa shape index (κ3) is 3.15. The van der Waals surface area contributed by atoms with Gasteiger partial charge in [-0.15, -0.1) is 0 Å². The van der Waals surface area contributed by atoms with Crippen LogP contribution in [0.2, 0.25) is 0 Å². The van der Waals surface area contributed by atoms with Crippen LogP contribution in [0, 0.1) is 0 Å². The van der Waals surface area contributed by atoms with Crippen molar-refractivity contribution in [3.05, 3.63) is 65.5 Å². The summed E-state index contributed by atoms with van der Waals surface area (Å²) in [5.74, 6) is 0. The van der Waals surface area contributed by atoms with Gasteiger partial charge in [-0.2, -0.15) is 0 Å². The van der Waals surface area contributed by atoms with Crippen LogP contribution in [0.25, 0.3) is 0 Å². The predicted molar refractivity (Wildman–Crippen MR) is 72.3 cm³/mol. The van der Waals surface area contributed by atoms with Crippen molar-refractivity contribution in [1.29, 1.82) is 0 Å². The second-order valence-corrected chi connectivity index (χ2v) is 4.24. The largest absolute Gasteiger partial charge is 0.384 e. The Labute approximate surface area is 108 Å². The van der Waals surface area contributed by atoms with E-state index in [2.05, 4.69) is 29.2 Å². The average molecular weight is 242 g/mol. The molecule has 0 radical (unpaired) electrons. The molecule has 3 heteroatoms. The van der Waals surface area contributed by atoms with Gasteiger partial charge < -0.3 is 10.5 Å². The zero-order valence-corrected chi connectivity index (χ0v) is 10.5. The van der Waals surface area contributed by atoms with Crippen LogP contribution in [0.4, 0.5) is 0 Å². The lowest BCUT2D eigenvalue weighted by Gasteiger charge is -2.12. The molecule has 2 N–H and O–H groups in total. The molecule has 3 nitrogen and oxygen atoms in total. The Hall–Kier alpha value is -1.71. The number of benzene rings is 1. The molecular weight excluding hydrogens is 224 g/mol. The van der Waals surface area contributed by atoms with Crippen LogP contribution in [0.15, 0.2) is 48.8 Å². The van der Waals surface area contributed by atoms with E-state index in [0.29, 0.717) is 0 Å². The number of hydrogen-bond donors (Lipinski definition) is 1. The Balaban J connectivity index is 2.09. The summed E-state index contributed by atoms with van der Waals surface area (Å²) >= 11 is 0. The molecule has 94 valence electrons. The van der Waals surface area contributed by atoms with Crippen molar-refractivity contribution in [2.45, 2.75) is 12.5 Å². The minimum Gasteiger partial charge on any atom is -0.384 e. The fourth-order valence-corrected chi connectivity index (χ4v) is 1.87. The van der Waals surface area contributed by atoms with Crippen molar-refractivity contribution in [2.24, 2.45) is 5.73 Å². The first-order valence-electron chi connectivity index (χ1n) is 6.04. The molecule has 1 unspecified atom stereocenters. The van der Waals surface area contributed by atoms with Gasteiger partial charge in [0, 0.05) is 19.5 Å². The summed E-state index contributed by atoms with van der Waals surface area (Å²) in [6, 6.07) is 12.2. The molecule has 1 aromatic carbocycles. The molecule has 18 heavy (non-hydrogen) atoms. The number of aromatic nitrogens is 1. The molecule has 0 bridgehead atoms. The fourth-order valence-electron chi connectivity index (χ4n) is 1.87.